The third kappa shape index (κ3) is 3.45. The number of nitrogens with one attached hydrogen (secondary N) is 1. The monoisotopic (exact) mass is 323 g/mol. The molecule has 6 heteroatoms. The number of aliphatic hydroxyl groups is 1. The summed E-state index contributed by atoms with van der Waals surface area (Å²) in [5.74, 6) is -0.213. The predicted molar refractivity (Wildman–Crippen MR) is 64.6 cm³/mol. The summed E-state index contributed by atoms with van der Waals surface area (Å²) in [6, 6.07) is 0. The van der Waals surface area contributed by atoms with Crippen molar-refractivity contribution in [2.75, 3.05) is 6.54 Å². The van der Waals surface area contributed by atoms with Crippen LogP contribution in [0.2, 0.25) is 0 Å². The molecule has 1 aromatic heterocycles. The minimum atomic E-state index is -0.899. The Morgan fingerprint density at radius 1 is 1.73 bits per heavy atom. The lowest BCUT2D eigenvalue weighted by Crippen LogP contribution is -2.38. The highest BCUT2D eigenvalue weighted by atomic mass is 127. The lowest BCUT2D eigenvalue weighted by atomic mass is 10.1. The van der Waals surface area contributed by atoms with Crippen LogP contribution in [0.25, 0.3) is 0 Å². The van der Waals surface area contributed by atoms with Crippen molar-refractivity contribution < 1.29 is 9.90 Å². The number of aromatic nitrogens is 2. The maximum absolute atomic E-state index is 11.6. The Morgan fingerprint density at radius 3 is 2.73 bits per heavy atom. The molecule has 1 heterocycles. The molecule has 0 saturated carbocycles. The van der Waals surface area contributed by atoms with E-state index in [4.69, 9.17) is 0 Å². The molecule has 0 fully saturated rings. The molecule has 15 heavy (non-hydrogen) atoms. The Hall–Kier alpha value is -0.630. The van der Waals surface area contributed by atoms with Crippen LogP contribution in [-0.2, 0) is 7.05 Å². The van der Waals surface area contributed by atoms with Crippen LogP contribution < -0.4 is 5.32 Å². The minimum absolute atomic E-state index is 0.213. The van der Waals surface area contributed by atoms with E-state index in [9.17, 15) is 9.90 Å². The standard InChI is InChI=1S/C9H14IN3O2/c1-9(2,15)5-11-8(14)6-4-12-13(3)7(6)10/h4,15H,5H2,1-3H3,(H,11,14). The van der Waals surface area contributed by atoms with E-state index < -0.39 is 5.60 Å². The van der Waals surface area contributed by atoms with Gasteiger partial charge in [0.15, 0.2) is 0 Å². The van der Waals surface area contributed by atoms with E-state index in [1.807, 2.05) is 0 Å². The van der Waals surface area contributed by atoms with Gasteiger partial charge in [-0.25, -0.2) is 0 Å². The van der Waals surface area contributed by atoms with Crippen LogP contribution in [0.1, 0.15) is 24.2 Å². The highest BCUT2D eigenvalue weighted by molar-refractivity contribution is 14.1. The molecule has 2 N–H and O–H groups in total. The van der Waals surface area contributed by atoms with E-state index in [0.29, 0.717) is 5.56 Å². The summed E-state index contributed by atoms with van der Waals surface area (Å²) >= 11 is 2.05. The van der Waals surface area contributed by atoms with Gasteiger partial charge in [-0.2, -0.15) is 5.10 Å². The van der Waals surface area contributed by atoms with Gasteiger partial charge in [-0.05, 0) is 36.4 Å². The van der Waals surface area contributed by atoms with Crippen LogP contribution >= 0.6 is 22.6 Å². The summed E-state index contributed by atoms with van der Waals surface area (Å²) in [5.41, 5.74) is -0.370. The van der Waals surface area contributed by atoms with Crippen molar-refractivity contribution >= 4 is 28.5 Å². The number of carbonyl (C=O) groups is 1. The first-order valence-electron chi connectivity index (χ1n) is 4.49. The fourth-order valence-corrected chi connectivity index (χ4v) is 1.48. The summed E-state index contributed by atoms with van der Waals surface area (Å²) < 4.78 is 2.40. The minimum Gasteiger partial charge on any atom is -0.389 e. The second-order valence-electron chi connectivity index (χ2n) is 3.97. The Balaban J connectivity index is 2.66. The van der Waals surface area contributed by atoms with Crippen molar-refractivity contribution in [2.45, 2.75) is 19.4 Å². The van der Waals surface area contributed by atoms with Crippen LogP contribution in [0, 0.1) is 3.70 Å². The first-order chi connectivity index (χ1) is 6.81. The molecule has 0 aromatic carbocycles. The van der Waals surface area contributed by atoms with Crippen molar-refractivity contribution in [3.8, 4) is 0 Å². The fourth-order valence-electron chi connectivity index (χ4n) is 0.967. The first-order valence-corrected chi connectivity index (χ1v) is 5.57. The molecule has 0 spiro atoms. The quantitative estimate of drug-likeness (QED) is 0.797. The predicted octanol–water partition coefficient (Wildman–Crippen LogP) is 0.525. The van der Waals surface area contributed by atoms with Gasteiger partial charge >= 0.3 is 0 Å². The van der Waals surface area contributed by atoms with Gasteiger partial charge in [0.1, 0.15) is 3.70 Å². The SMILES string of the molecule is Cn1ncc(C(=O)NCC(C)(C)O)c1I. The number of rotatable bonds is 3. The average Bonchev–Trinajstić information content (AvgIpc) is 2.43. The normalized spacial score (nSPS) is 11.5. The zero-order valence-corrected chi connectivity index (χ0v) is 11.1. The molecule has 5 nitrogen and oxygen atoms in total. The van der Waals surface area contributed by atoms with E-state index >= 15 is 0 Å². The highest BCUT2D eigenvalue weighted by Gasteiger charge is 2.17. The molecule has 0 radical (unpaired) electrons. The second kappa shape index (κ2) is 4.48. The van der Waals surface area contributed by atoms with Crippen molar-refractivity contribution in [1.82, 2.24) is 15.1 Å². The Kier molecular flexibility index (Phi) is 3.72. The molecule has 0 aliphatic carbocycles. The van der Waals surface area contributed by atoms with Gasteiger partial charge in [0.25, 0.3) is 5.91 Å². The third-order valence-electron chi connectivity index (χ3n) is 1.79. The Morgan fingerprint density at radius 2 is 2.33 bits per heavy atom. The van der Waals surface area contributed by atoms with Crippen LogP contribution in [0.3, 0.4) is 0 Å². The summed E-state index contributed by atoms with van der Waals surface area (Å²) in [7, 11) is 1.77. The summed E-state index contributed by atoms with van der Waals surface area (Å²) in [4.78, 5) is 11.6. The number of halogens is 1. The number of aryl methyl sites for hydroxylation is 1. The second-order valence-corrected chi connectivity index (χ2v) is 4.99. The number of nitrogens with zero attached hydrogens (tertiary/aromatic N) is 2. The van der Waals surface area contributed by atoms with Crippen LogP contribution in [-0.4, -0.2) is 32.9 Å². The van der Waals surface area contributed by atoms with Crippen LogP contribution in [0.5, 0.6) is 0 Å². The zero-order valence-electron chi connectivity index (χ0n) is 8.91. The Labute approximate surface area is 102 Å². The fraction of sp³-hybridized carbons (Fsp3) is 0.556. The molecule has 0 unspecified atom stereocenters. The molecule has 0 atom stereocenters. The lowest BCUT2D eigenvalue weighted by Gasteiger charge is -2.17. The van der Waals surface area contributed by atoms with Crippen molar-refractivity contribution in [3.05, 3.63) is 15.5 Å². The molecule has 1 rings (SSSR count). The third-order valence-corrected chi connectivity index (χ3v) is 3.07. The van der Waals surface area contributed by atoms with E-state index in [2.05, 4.69) is 33.0 Å². The van der Waals surface area contributed by atoms with Gasteiger partial charge in [0.2, 0.25) is 0 Å². The van der Waals surface area contributed by atoms with Crippen LogP contribution in [0.4, 0.5) is 0 Å². The molecular weight excluding hydrogens is 309 g/mol. The van der Waals surface area contributed by atoms with E-state index in [-0.39, 0.29) is 12.5 Å². The van der Waals surface area contributed by atoms with E-state index in [0.717, 1.165) is 3.70 Å². The van der Waals surface area contributed by atoms with Gasteiger partial charge in [0, 0.05) is 13.6 Å². The maximum Gasteiger partial charge on any atom is 0.255 e. The number of hydrogen-bond donors (Lipinski definition) is 2. The topological polar surface area (TPSA) is 67.2 Å². The molecule has 1 aromatic rings. The molecule has 0 bridgehead atoms. The van der Waals surface area contributed by atoms with Crippen molar-refractivity contribution in [2.24, 2.45) is 7.05 Å². The van der Waals surface area contributed by atoms with Gasteiger partial charge in [-0.15, -0.1) is 0 Å². The largest absolute Gasteiger partial charge is 0.389 e. The molecule has 0 aliphatic rings. The van der Waals surface area contributed by atoms with Crippen LogP contribution in [0.15, 0.2) is 6.20 Å². The number of hydrogen-bond acceptors (Lipinski definition) is 3. The molecule has 84 valence electrons. The summed E-state index contributed by atoms with van der Waals surface area (Å²) in [6.45, 7) is 3.50. The lowest BCUT2D eigenvalue weighted by molar-refractivity contribution is 0.0694. The average molecular weight is 323 g/mol. The Bertz CT molecular complexity index is 368. The van der Waals surface area contributed by atoms with Gasteiger partial charge < -0.3 is 10.4 Å². The first kappa shape index (κ1) is 12.4. The van der Waals surface area contributed by atoms with Crippen molar-refractivity contribution in [3.63, 3.8) is 0 Å². The summed E-state index contributed by atoms with van der Waals surface area (Å²) in [5, 5.41) is 16.1. The van der Waals surface area contributed by atoms with Gasteiger partial charge in [-0.3, -0.25) is 9.48 Å². The smallest absolute Gasteiger partial charge is 0.255 e. The molecule has 1 amide bonds. The zero-order chi connectivity index (χ0) is 11.6. The molecule has 0 saturated heterocycles. The van der Waals surface area contributed by atoms with E-state index in [1.54, 1.807) is 25.6 Å². The maximum atomic E-state index is 11.6. The molecule has 0 aliphatic heterocycles. The van der Waals surface area contributed by atoms with Crippen molar-refractivity contribution in [1.29, 1.82) is 0 Å². The molecular formula is C9H14IN3O2. The van der Waals surface area contributed by atoms with E-state index in [1.165, 1.54) is 6.20 Å². The number of amides is 1. The highest BCUT2D eigenvalue weighted by Crippen LogP contribution is 2.10. The van der Waals surface area contributed by atoms with Gasteiger partial charge in [-0.1, -0.05) is 0 Å². The summed E-state index contributed by atoms with van der Waals surface area (Å²) in [6.07, 6.45) is 1.52. The number of carbonyl (C=O) groups excluding carboxylic acids is 1. The van der Waals surface area contributed by atoms with Gasteiger partial charge in [0.05, 0.1) is 17.4 Å².